The first kappa shape index (κ1) is 27.4. The molecule has 0 bridgehead atoms. The highest BCUT2D eigenvalue weighted by molar-refractivity contribution is 7.92. The number of sulfonamides is 1. The highest BCUT2D eigenvalue weighted by Gasteiger charge is 2.32. The van der Waals surface area contributed by atoms with Crippen LogP contribution in [0.4, 0.5) is 5.69 Å². The van der Waals surface area contributed by atoms with Gasteiger partial charge in [0.2, 0.25) is 21.8 Å². The minimum absolute atomic E-state index is 0.0687. The van der Waals surface area contributed by atoms with Crippen molar-refractivity contribution in [2.24, 2.45) is 0 Å². The molecule has 2 aromatic carbocycles. The molecule has 0 radical (unpaired) electrons. The fourth-order valence-corrected chi connectivity index (χ4v) is 4.73. The SMILES string of the molecule is CCCNC(=O)[C@H](CC)N(Cc1ccccc1)C(=O)CN(c1ccccc1C(C)C)S(C)(=O)=O. The molecule has 0 aliphatic carbocycles. The Kier molecular flexibility index (Phi) is 10.1. The van der Waals surface area contributed by atoms with E-state index >= 15 is 0 Å². The van der Waals surface area contributed by atoms with Crippen LogP contribution in [0, 0.1) is 0 Å². The van der Waals surface area contributed by atoms with Gasteiger partial charge in [0, 0.05) is 13.1 Å². The second kappa shape index (κ2) is 12.6. The van der Waals surface area contributed by atoms with Gasteiger partial charge in [-0.15, -0.1) is 0 Å². The Bertz CT molecular complexity index is 1050. The predicted molar refractivity (Wildman–Crippen MR) is 137 cm³/mol. The average Bonchev–Trinajstić information content (AvgIpc) is 2.80. The number of hydrogen-bond acceptors (Lipinski definition) is 4. The van der Waals surface area contributed by atoms with Crippen molar-refractivity contribution in [2.75, 3.05) is 23.7 Å². The molecule has 8 heteroatoms. The molecule has 0 aliphatic heterocycles. The highest BCUT2D eigenvalue weighted by Crippen LogP contribution is 2.29. The monoisotopic (exact) mass is 487 g/mol. The average molecular weight is 488 g/mol. The maximum Gasteiger partial charge on any atom is 0.244 e. The second-order valence-corrected chi connectivity index (χ2v) is 10.6. The lowest BCUT2D eigenvalue weighted by molar-refractivity contribution is -0.140. The molecule has 0 unspecified atom stereocenters. The molecular formula is C26H37N3O4S. The van der Waals surface area contributed by atoms with E-state index in [1.54, 1.807) is 12.1 Å². The summed E-state index contributed by atoms with van der Waals surface area (Å²) < 4.78 is 26.8. The Morgan fingerprint density at radius 2 is 1.59 bits per heavy atom. The summed E-state index contributed by atoms with van der Waals surface area (Å²) in [6, 6.07) is 15.9. The molecule has 0 spiro atoms. The van der Waals surface area contributed by atoms with Gasteiger partial charge in [0.25, 0.3) is 0 Å². The van der Waals surface area contributed by atoms with E-state index in [-0.39, 0.29) is 24.9 Å². The summed E-state index contributed by atoms with van der Waals surface area (Å²) in [5.41, 5.74) is 2.19. The molecule has 2 amide bonds. The molecule has 186 valence electrons. The summed E-state index contributed by atoms with van der Waals surface area (Å²) in [5, 5.41) is 2.88. The van der Waals surface area contributed by atoms with Crippen LogP contribution in [0.1, 0.15) is 57.6 Å². The lowest BCUT2D eigenvalue weighted by Gasteiger charge is -2.33. The van der Waals surface area contributed by atoms with E-state index in [0.29, 0.717) is 18.7 Å². The van der Waals surface area contributed by atoms with Crippen molar-refractivity contribution in [3.05, 3.63) is 65.7 Å². The zero-order chi connectivity index (χ0) is 25.3. The number of para-hydroxylation sites is 1. The standard InChI is InChI=1S/C26H37N3O4S/c1-6-17-27-26(31)23(7-2)28(18-21-13-9-8-10-14-21)25(30)19-29(34(5,32)33)24-16-12-11-15-22(24)20(3)4/h8-16,20,23H,6-7,17-19H2,1-5H3,(H,27,31)/t23-/m0/s1. The normalized spacial score (nSPS) is 12.3. The van der Waals surface area contributed by atoms with Crippen LogP contribution >= 0.6 is 0 Å². The maximum atomic E-state index is 13.7. The summed E-state index contributed by atoms with van der Waals surface area (Å²) >= 11 is 0. The molecule has 34 heavy (non-hydrogen) atoms. The first-order valence-corrected chi connectivity index (χ1v) is 13.6. The van der Waals surface area contributed by atoms with Crippen molar-refractivity contribution < 1.29 is 18.0 Å². The first-order chi connectivity index (χ1) is 16.1. The van der Waals surface area contributed by atoms with E-state index in [9.17, 15) is 18.0 Å². The van der Waals surface area contributed by atoms with Gasteiger partial charge in [0.05, 0.1) is 11.9 Å². The number of benzene rings is 2. The zero-order valence-corrected chi connectivity index (χ0v) is 21.6. The third-order valence-corrected chi connectivity index (χ3v) is 6.76. The molecule has 0 aliphatic rings. The van der Waals surface area contributed by atoms with Crippen molar-refractivity contribution >= 4 is 27.5 Å². The number of carbonyl (C=O) groups excluding carboxylic acids is 2. The summed E-state index contributed by atoms with van der Waals surface area (Å²) in [5.74, 6) is -0.590. The van der Waals surface area contributed by atoms with Gasteiger partial charge in [-0.2, -0.15) is 0 Å². The van der Waals surface area contributed by atoms with Crippen molar-refractivity contribution in [1.29, 1.82) is 0 Å². The maximum absolute atomic E-state index is 13.7. The number of nitrogens with one attached hydrogen (secondary N) is 1. The minimum Gasteiger partial charge on any atom is -0.354 e. The van der Waals surface area contributed by atoms with Crippen LogP contribution < -0.4 is 9.62 Å². The van der Waals surface area contributed by atoms with Crippen LogP contribution in [0.2, 0.25) is 0 Å². The van der Waals surface area contributed by atoms with Gasteiger partial charge in [-0.25, -0.2) is 8.42 Å². The van der Waals surface area contributed by atoms with E-state index < -0.39 is 22.0 Å². The number of nitrogens with zero attached hydrogens (tertiary/aromatic N) is 2. The molecule has 7 nitrogen and oxygen atoms in total. The van der Waals surface area contributed by atoms with Gasteiger partial charge < -0.3 is 10.2 Å². The van der Waals surface area contributed by atoms with Gasteiger partial charge in [-0.1, -0.05) is 76.2 Å². The number of anilines is 1. The Hall–Kier alpha value is -2.87. The molecule has 2 rings (SSSR count). The van der Waals surface area contributed by atoms with Crippen LogP contribution in [0.15, 0.2) is 54.6 Å². The van der Waals surface area contributed by atoms with E-state index in [1.807, 2.05) is 70.2 Å². The summed E-state index contributed by atoms with van der Waals surface area (Å²) in [4.78, 5) is 28.1. The third-order valence-electron chi connectivity index (χ3n) is 5.64. The topological polar surface area (TPSA) is 86.8 Å². The molecule has 1 atom stereocenters. The molecule has 0 saturated carbocycles. The van der Waals surface area contributed by atoms with Crippen molar-refractivity contribution in [1.82, 2.24) is 10.2 Å². The van der Waals surface area contributed by atoms with Crippen LogP contribution in [0.25, 0.3) is 0 Å². The Labute approximate surface area is 204 Å². The van der Waals surface area contributed by atoms with Crippen LogP contribution in [-0.2, 0) is 26.2 Å². The number of hydrogen-bond donors (Lipinski definition) is 1. The van der Waals surface area contributed by atoms with Crippen LogP contribution in [-0.4, -0.2) is 50.5 Å². The van der Waals surface area contributed by atoms with Crippen molar-refractivity contribution in [2.45, 2.75) is 59.0 Å². The summed E-state index contributed by atoms with van der Waals surface area (Å²) in [7, 11) is -3.76. The van der Waals surface area contributed by atoms with Crippen molar-refractivity contribution in [3.8, 4) is 0 Å². The van der Waals surface area contributed by atoms with Crippen LogP contribution in [0.5, 0.6) is 0 Å². The van der Waals surface area contributed by atoms with Gasteiger partial charge in [0.15, 0.2) is 0 Å². The Balaban J connectivity index is 2.46. The van der Waals surface area contributed by atoms with Gasteiger partial charge in [0.1, 0.15) is 12.6 Å². The van der Waals surface area contributed by atoms with E-state index in [1.165, 1.54) is 4.90 Å². The zero-order valence-electron chi connectivity index (χ0n) is 20.8. The predicted octanol–water partition coefficient (Wildman–Crippen LogP) is 3.91. The van der Waals surface area contributed by atoms with Gasteiger partial charge in [-0.3, -0.25) is 13.9 Å². The quantitative estimate of drug-likeness (QED) is 0.492. The molecule has 0 fully saturated rings. The molecule has 0 saturated heterocycles. The molecule has 0 heterocycles. The number of carbonyl (C=O) groups is 2. The van der Waals surface area contributed by atoms with Crippen LogP contribution in [0.3, 0.4) is 0 Å². The van der Waals surface area contributed by atoms with Gasteiger partial charge >= 0.3 is 0 Å². The molecule has 1 N–H and O–H groups in total. The minimum atomic E-state index is -3.76. The van der Waals surface area contributed by atoms with Gasteiger partial charge in [-0.05, 0) is 36.0 Å². The Morgan fingerprint density at radius 3 is 2.15 bits per heavy atom. The smallest absolute Gasteiger partial charge is 0.244 e. The summed E-state index contributed by atoms with van der Waals surface area (Å²) in [6.45, 7) is 8.12. The summed E-state index contributed by atoms with van der Waals surface area (Å²) in [6.07, 6.45) is 2.29. The number of amides is 2. The fraction of sp³-hybridized carbons (Fsp3) is 0.462. The number of rotatable bonds is 12. The fourth-order valence-electron chi connectivity index (χ4n) is 3.86. The van der Waals surface area contributed by atoms with E-state index in [2.05, 4.69) is 5.32 Å². The lowest BCUT2D eigenvalue weighted by atomic mass is 10.0. The largest absolute Gasteiger partial charge is 0.354 e. The lowest BCUT2D eigenvalue weighted by Crippen LogP contribution is -2.52. The molecule has 0 aromatic heterocycles. The van der Waals surface area contributed by atoms with E-state index in [4.69, 9.17) is 0 Å². The third kappa shape index (κ3) is 7.32. The molecule has 2 aromatic rings. The first-order valence-electron chi connectivity index (χ1n) is 11.8. The second-order valence-electron chi connectivity index (χ2n) is 8.71. The Morgan fingerprint density at radius 1 is 0.971 bits per heavy atom. The molecular weight excluding hydrogens is 450 g/mol. The van der Waals surface area contributed by atoms with Crippen molar-refractivity contribution in [3.63, 3.8) is 0 Å². The highest BCUT2D eigenvalue weighted by atomic mass is 32.2. The van der Waals surface area contributed by atoms with E-state index in [0.717, 1.165) is 28.1 Å².